The Morgan fingerprint density at radius 3 is 2.57 bits per heavy atom. The molecule has 0 aromatic heterocycles. The van der Waals surface area contributed by atoms with Crippen molar-refractivity contribution in [1.82, 2.24) is 4.90 Å². The molecule has 0 bridgehead atoms. The summed E-state index contributed by atoms with van der Waals surface area (Å²) < 4.78 is 17.3. The van der Waals surface area contributed by atoms with Crippen molar-refractivity contribution in [1.29, 1.82) is 0 Å². The van der Waals surface area contributed by atoms with E-state index in [0.717, 1.165) is 82.2 Å². The number of piperidine rings is 1. The maximum absolute atomic E-state index is 12.8. The lowest BCUT2D eigenvalue weighted by molar-refractivity contribution is -0.126. The molecule has 2 saturated heterocycles. The van der Waals surface area contributed by atoms with Crippen molar-refractivity contribution >= 4 is 5.91 Å². The molecule has 154 valence electrons. The van der Waals surface area contributed by atoms with E-state index in [9.17, 15) is 4.79 Å². The quantitative estimate of drug-likeness (QED) is 0.666. The Balaban J connectivity index is 1.25. The van der Waals surface area contributed by atoms with Crippen molar-refractivity contribution in [2.75, 3.05) is 40.0 Å². The number of hydrogen-bond donors (Lipinski definition) is 0. The number of hydrogen-bond acceptors (Lipinski definition) is 4. The van der Waals surface area contributed by atoms with Crippen LogP contribution in [-0.2, 0) is 9.47 Å². The molecule has 4 rings (SSSR count). The summed E-state index contributed by atoms with van der Waals surface area (Å²) in [5.74, 6) is 2.42. The molecule has 1 aromatic carbocycles. The Labute approximate surface area is 168 Å². The molecular weight excluding hydrogens is 354 g/mol. The van der Waals surface area contributed by atoms with Gasteiger partial charge in [-0.05, 0) is 81.0 Å². The van der Waals surface area contributed by atoms with E-state index in [-0.39, 0.29) is 11.5 Å². The molecule has 2 heterocycles. The summed E-state index contributed by atoms with van der Waals surface area (Å²) in [6.45, 7) is 4.24. The molecule has 1 atom stereocenters. The van der Waals surface area contributed by atoms with Gasteiger partial charge in [0, 0.05) is 38.5 Å². The van der Waals surface area contributed by atoms with Gasteiger partial charge in [-0.3, -0.25) is 4.79 Å². The van der Waals surface area contributed by atoms with Gasteiger partial charge < -0.3 is 19.1 Å². The molecule has 1 unspecified atom stereocenters. The molecule has 28 heavy (non-hydrogen) atoms. The van der Waals surface area contributed by atoms with Gasteiger partial charge in [-0.15, -0.1) is 0 Å². The van der Waals surface area contributed by atoms with E-state index in [4.69, 9.17) is 14.2 Å². The minimum Gasteiger partial charge on any atom is -0.497 e. The van der Waals surface area contributed by atoms with Crippen LogP contribution >= 0.6 is 0 Å². The third-order valence-corrected chi connectivity index (χ3v) is 6.61. The molecule has 5 nitrogen and oxygen atoms in total. The highest BCUT2D eigenvalue weighted by Gasteiger charge is 2.41. The first-order valence-corrected chi connectivity index (χ1v) is 10.8. The van der Waals surface area contributed by atoms with Crippen molar-refractivity contribution in [2.45, 2.75) is 50.5 Å². The molecule has 5 heteroatoms. The summed E-state index contributed by atoms with van der Waals surface area (Å²) >= 11 is 0. The third-order valence-electron chi connectivity index (χ3n) is 6.61. The number of amides is 1. The average molecular weight is 388 g/mol. The molecule has 1 aliphatic carbocycles. The normalized spacial score (nSPS) is 24.3. The first-order chi connectivity index (χ1) is 13.7. The molecule has 1 spiro atoms. The van der Waals surface area contributed by atoms with Gasteiger partial charge in [0.2, 0.25) is 0 Å². The second-order valence-corrected chi connectivity index (χ2v) is 8.72. The minimum atomic E-state index is -0.0316. The van der Waals surface area contributed by atoms with Crippen LogP contribution in [0.15, 0.2) is 24.3 Å². The standard InChI is InChI=1S/C23H33NO4/c1-26-21-6-4-20(5-7-21)22(25)24-12-10-23(11-13-24)16-18(9-15-28-23)8-14-27-17-19-2-3-19/h4-7,18-19H,2-3,8-17H2,1H3. The lowest BCUT2D eigenvalue weighted by Crippen LogP contribution is -2.50. The van der Waals surface area contributed by atoms with Crippen LogP contribution in [0.2, 0.25) is 0 Å². The van der Waals surface area contributed by atoms with E-state index in [1.807, 2.05) is 29.2 Å². The van der Waals surface area contributed by atoms with Crippen LogP contribution in [0.25, 0.3) is 0 Å². The summed E-state index contributed by atoms with van der Waals surface area (Å²) in [6, 6.07) is 7.39. The van der Waals surface area contributed by atoms with Crippen molar-refractivity contribution in [2.24, 2.45) is 11.8 Å². The second kappa shape index (κ2) is 8.83. The van der Waals surface area contributed by atoms with Gasteiger partial charge in [0.05, 0.1) is 12.7 Å². The van der Waals surface area contributed by atoms with Crippen molar-refractivity contribution in [3.05, 3.63) is 29.8 Å². The van der Waals surface area contributed by atoms with Crippen LogP contribution < -0.4 is 4.74 Å². The van der Waals surface area contributed by atoms with E-state index in [1.54, 1.807) is 7.11 Å². The number of carbonyl (C=O) groups is 1. The smallest absolute Gasteiger partial charge is 0.253 e. The molecular formula is C23H33NO4. The lowest BCUT2D eigenvalue weighted by atomic mass is 9.78. The summed E-state index contributed by atoms with van der Waals surface area (Å²) in [7, 11) is 1.64. The number of methoxy groups -OCH3 is 1. The fourth-order valence-electron chi connectivity index (χ4n) is 4.54. The summed E-state index contributed by atoms with van der Waals surface area (Å²) in [4.78, 5) is 14.8. The van der Waals surface area contributed by atoms with Gasteiger partial charge in [0.25, 0.3) is 5.91 Å². The van der Waals surface area contributed by atoms with Gasteiger partial charge in [-0.25, -0.2) is 0 Å². The molecule has 3 fully saturated rings. The summed E-state index contributed by atoms with van der Waals surface area (Å²) in [5.41, 5.74) is 0.697. The molecule has 3 aliphatic rings. The number of carbonyl (C=O) groups excluding carboxylic acids is 1. The van der Waals surface area contributed by atoms with Gasteiger partial charge in [0.15, 0.2) is 0 Å². The highest BCUT2D eigenvalue weighted by atomic mass is 16.5. The summed E-state index contributed by atoms with van der Waals surface area (Å²) in [5, 5.41) is 0. The van der Waals surface area contributed by atoms with E-state index < -0.39 is 0 Å². The summed E-state index contributed by atoms with van der Waals surface area (Å²) in [6.07, 6.45) is 7.99. The topological polar surface area (TPSA) is 48.0 Å². The van der Waals surface area contributed by atoms with E-state index >= 15 is 0 Å². The third kappa shape index (κ3) is 4.87. The number of nitrogens with zero attached hydrogens (tertiary/aromatic N) is 1. The predicted octanol–water partition coefficient (Wildman–Crippen LogP) is 3.91. The van der Waals surface area contributed by atoms with Crippen LogP contribution in [0, 0.1) is 11.8 Å². The predicted molar refractivity (Wildman–Crippen MR) is 108 cm³/mol. The van der Waals surface area contributed by atoms with Crippen LogP contribution in [-0.4, -0.2) is 56.4 Å². The molecule has 1 aromatic rings. The van der Waals surface area contributed by atoms with E-state index in [2.05, 4.69) is 0 Å². The Hall–Kier alpha value is -1.59. The zero-order valence-electron chi connectivity index (χ0n) is 17.0. The van der Waals surface area contributed by atoms with E-state index in [0.29, 0.717) is 5.92 Å². The fourth-order valence-corrected chi connectivity index (χ4v) is 4.54. The maximum Gasteiger partial charge on any atom is 0.253 e. The Morgan fingerprint density at radius 1 is 1.14 bits per heavy atom. The molecule has 1 amide bonds. The monoisotopic (exact) mass is 387 g/mol. The maximum atomic E-state index is 12.8. The van der Waals surface area contributed by atoms with Crippen molar-refractivity contribution < 1.29 is 19.0 Å². The number of benzene rings is 1. The zero-order chi connectivity index (χ0) is 19.4. The largest absolute Gasteiger partial charge is 0.497 e. The van der Waals surface area contributed by atoms with Gasteiger partial charge in [0.1, 0.15) is 5.75 Å². The lowest BCUT2D eigenvalue weighted by Gasteiger charge is -2.46. The highest BCUT2D eigenvalue weighted by molar-refractivity contribution is 5.94. The van der Waals surface area contributed by atoms with Gasteiger partial charge in [-0.1, -0.05) is 0 Å². The van der Waals surface area contributed by atoms with Crippen molar-refractivity contribution in [3.63, 3.8) is 0 Å². The van der Waals surface area contributed by atoms with Crippen LogP contribution in [0.1, 0.15) is 55.3 Å². The number of rotatable bonds is 7. The Morgan fingerprint density at radius 2 is 1.89 bits per heavy atom. The molecule has 0 radical (unpaired) electrons. The first-order valence-electron chi connectivity index (χ1n) is 10.8. The first kappa shape index (κ1) is 19.7. The van der Waals surface area contributed by atoms with Crippen LogP contribution in [0.3, 0.4) is 0 Å². The highest BCUT2D eigenvalue weighted by Crippen LogP contribution is 2.39. The SMILES string of the molecule is COc1ccc(C(=O)N2CCC3(CC2)CC(CCOCC2CC2)CCO3)cc1. The van der Waals surface area contributed by atoms with Crippen molar-refractivity contribution in [3.8, 4) is 5.75 Å². The fraction of sp³-hybridized carbons (Fsp3) is 0.696. The molecule has 0 N–H and O–H groups in total. The molecule has 2 aliphatic heterocycles. The van der Waals surface area contributed by atoms with Gasteiger partial charge in [-0.2, -0.15) is 0 Å². The molecule has 1 saturated carbocycles. The number of likely N-dealkylation sites (tertiary alicyclic amines) is 1. The average Bonchev–Trinajstić information content (AvgIpc) is 3.56. The van der Waals surface area contributed by atoms with Gasteiger partial charge >= 0.3 is 0 Å². The minimum absolute atomic E-state index is 0.0316. The zero-order valence-corrected chi connectivity index (χ0v) is 17.0. The van der Waals surface area contributed by atoms with Crippen LogP contribution in [0.5, 0.6) is 5.75 Å². The Bertz CT molecular complexity index is 647. The Kier molecular flexibility index (Phi) is 6.22. The van der Waals surface area contributed by atoms with Crippen LogP contribution in [0.4, 0.5) is 0 Å². The van der Waals surface area contributed by atoms with E-state index in [1.165, 1.54) is 12.8 Å². The second-order valence-electron chi connectivity index (χ2n) is 8.72. The number of ether oxygens (including phenoxy) is 3.